The van der Waals surface area contributed by atoms with Crippen LogP contribution in [0.4, 0.5) is 11.4 Å². The highest BCUT2D eigenvalue weighted by Crippen LogP contribution is 2.24. The zero-order chi connectivity index (χ0) is 20.0. The van der Waals surface area contributed by atoms with E-state index < -0.39 is 11.0 Å². The minimum atomic E-state index is -0.515. The van der Waals surface area contributed by atoms with Crippen LogP contribution < -0.4 is 19.7 Å². The van der Waals surface area contributed by atoms with E-state index >= 15 is 0 Å². The zero-order valence-corrected chi connectivity index (χ0v) is 15.8. The first-order valence-electron chi connectivity index (χ1n) is 8.44. The second-order valence-electron chi connectivity index (χ2n) is 6.19. The van der Waals surface area contributed by atoms with Gasteiger partial charge in [-0.05, 0) is 25.1 Å². The van der Waals surface area contributed by atoms with Gasteiger partial charge in [0, 0.05) is 17.7 Å². The number of rotatable bonds is 8. The molecule has 0 aliphatic heterocycles. The molecule has 1 amide bonds. The smallest absolute Gasteiger partial charge is 0.292 e. The highest BCUT2D eigenvalue weighted by molar-refractivity contribution is 5.95. The number of carbonyl (C=O) groups is 1. The van der Waals surface area contributed by atoms with Crippen LogP contribution in [-0.4, -0.2) is 38.1 Å². The molecule has 0 spiro atoms. The number of benzene rings is 2. The Morgan fingerprint density at radius 3 is 2.56 bits per heavy atom. The first-order valence-corrected chi connectivity index (χ1v) is 8.44. The number of hydrogen-bond acceptors (Lipinski definition) is 5. The highest BCUT2D eigenvalue weighted by Gasteiger charge is 2.25. The lowest BCUT2D eigenvalue weighted by molar-refractivity contribution is -0.907. The minimum absolute atomic E-state index is 0.132. The summed E-state index contributed by atoms with van der Waals surface area (Å²) < 4.78 is 10.6. The molecule has 0 aliphatic rings. The van der Waals surface area contributed by atoms with E-state index in [0.29, 0.717) is 18.0 Å². The molecule has 8 nitrogen and oxygen atoms in total. The molecular weight excluding hydrogens is 350 g/mol. The zero-order valence-electron chi connectivity index (χ0n) is 15.8. The number of ether oxygens (including phenoxy) is 2. The fourth-order valence-electron chi connectivity index (χ4n) is 2.65. The molecule has 2 aromatic rings. The molecule has 0 radical (unpaired) electrons. The van der Waals surface area contributed by atoms with Gasteiger partial charge in [0.2, 0.25) is 0 Å². The third-order valence-electron chi connectivity index (χ3n) is 4.45. The third-order valence-corrected chi connectivity index (χ3v) is 4.45. The number of nitrogens with one attached hydrogen (secondary N) is 2. The summed E-state index contributed by atoms with van der Waals surface area (Å²) in [6.45, 7) is 2.31. The summed E-state index contributed by atoms with van der Waals surface area (Å²) in [6.07, 6.45) is 0. The van der Waals surface area contributed by atoms with Crippen molar-refractivity contribution in [3.8, 4) is 11.5 Å². The number of para-hydroxylation sites is 2. The van der Waals surface area contributed by atoms with E-state index in [0.717, 1.165) is 10.5 Å². The van der Waals surface area contributed by atoms with Crippen LogP contribution in [0.25, 0.3) is 0 Å². The third kappa shape index (κ3) is 4.95. The van der Waals surface area contributed by atoms with E-state index in [-0.39, 0.29) is 17.3 Å². The predicted octanol–water partition coefficient (Wildman–Crippen LogP) is 1.65. The van der Waals surface area contributed by atoms with Crippen LogP contribution in [0.1, 0.15) is 12.5 Å². The van der Waals surface area contributed by atoms with Gasteiger partial charge in [-0.15, -0.1) is 0 Å². The van der Waals surface area contributed by atoms with E-state index in [4.69, 9.17) is 9.47 Å². The predicted molar refractivity (Wildman–Crippen MR) is 101 cm³/mol. The Morgan fingerprint density at radius 2 is 1.93 bits per heavy atom. The van der Waals surface area contributed by atoms with Gasteiger partial charge in [0.15, 0.2) is 6.04 Å². The fraction of sp³-hybridized carbons (Fsp3) is 0.316. The molecule has 0 saturated heterocycles. The molecule has 2 aromatic carbocycles. The van der Waals surface area contributed by atoms with Gasteiger partial charge in [-0.2, -0.15) is 0 Å². The van der Waals surface area contributed by atoms with Crippen molar-refractivity contribution >= 4 is 17.3 Å². The summed E-state index contributed by atoms with van der Waals surface area (Å²) in [5.74, 6) is 1.07. The summed E-state index contributed by atoms with van der Waals surface area (Å²) in [6, 6.07) is 11.2. The lowest BCUT2D eigenvalue weighted by Gasteiger charge is -2.22. The van der Waals surface area contributed by atoms with E-state index in [1.165, 1.54) is 12.1 Å². The van der Waals surface area contributed by atoms with E-state index in [2.05, 4.69) is 5.32 Å². The largest absolute Gasteiger partial charge is 0.497 e. The molecule has 27 heavy (non-hydrogen) atoms. The average molecular weight is 374 g/mol. The number of quaternary nitrogens is 1. The van der Waals surface area contributed by atoms with Crippen molar-refractivity contribution in [3.05, 3.63) is 58.1 Å². The minimum Gasteiger partial charge on any atom is -0.497 e. The van der Waals surface area contributed by atoms with Crippen LogP contribution in [0.2, 0.25) is 0 Å². The number of nitrogens with zero attached hydrogens (tertiary/aromatic N) is 1. The molecule has 0 fully saturated rings. The molecule has 0 aliphatic carbocycles. The highest BCUT2D eigenvalue weighted by atomic mass is 16.6. The number of nitro groups is 1. The Bertz CT molecular complexity index is 825. The van der Waals surface area contributed by atoms with Gasteiger partial charge in [0.05, 0.1) is 26.2 Å². The topological polar surface area (TPSA) is 95.1 Å². The standard InChI is InChI=1S/C19H23N3O5/c1-13(19(23)20-16-7-5-6-8-17(16)22(24)25)21(2)12-14-9-10-15(26-3)11-18(14)27-4/h5-11,13H,12H2,1-4H3,(H,20,23)/p+1/t13-/m1/s1. The molecule has 0 aromatic heterocycles. The van der Waals surface area contributed by atoms with Crippen LogP contribution >= 0.6 is 0 Å². The Hall–Kier alpha value is -3.13. The molecule has 8 heteroatoms. The Kier molecular flexibility index (Phi) is 6.73. The maximum atomic E-state index is 12.6. The van der Waals surface area contributed by atoms with Gasteiger partial charge in [-0.1, -0.05) is 12.1 Å². The van der Waals surface area contributed by atoms with Crippen LogP contribution in [0.5, 0.6) is 11.5 Å². The van der Waals surface area contributed by atoms with Gasteiger partial charge < -0.3 is 19.7 Å². The second-order valence-corrected chi connectivity index (χ2v) is 6.19. The molecule has 0 saturated carbocycles. The summed E-state index contributed by atoms with van der Waals surface area (Å²) in [7, 11) is 5.05. The summed E-state index contributed by atoms with van der Waals surface area (Å²) in [5, 5.41) is 13.7. The second kappa shape index (κ2) is 9.00. The van der Waals surface area contributed by atoms with Gasteiger partial charge >= 0.3 is 0 Å². The van der Waals surface area contributed by atoms with Gasteiger partial charge in [-0.25, -0.2) is 0 Å². The lowest BCUT2D eigenvalue weighted by atomic mass is 10.1. The molecular formula is C19H24N3O5+. The van der Waals surface area contributed by atoms with Crippen molar-refractivity contribution in [2.75, 3.05) is 26.6 Å². The maximum absolute atomic E-state index is 12.6. The number of anilines is 1. The maximum Gasteiger partial charge on any atom is 0.292 e. The molecule has 2 N–H and O–H groups in total. The molecule has 2 atom stereocenters. The van der Waals surface area contributed by atoms with Crippen molar-refractivity contribution in [2.45, 2.75) is 19.5 Å². The first-order chi connectivity index (χ1) is 12.9. The fourth-order valence-corrected chi connectivity index (χ4v) is 2.65. The van der Waals surface area contributed by atoms with E-state index in [1.807, 2.05) is 19.2 Å². The summed E-state index contributed by atoms with van der Waals surface area (Å²) in [4.78, 5) is 24.1. The van der Waals surface area contributed by atoms with Crippen molar-refractivity contribution < 1.29 is 24.1 Å². The lowest BCUT2D eigenvalue weighted by Crippen LogP contribution is -3.12. The Morgan fingerprint density at radius 1 is 1.22 bits per heavy atom. The Labute approximate surface area is 157 Å². The van der Waals surface area contributed by atoms with E-state index in [9.17, 15) is 14.9 Å². The summed E-state index contributed by atoms with van der Waals surface area (Å²) >= 11 is 0. The normalized spacial score (nSPS) is 12.7. The monoisotopic (exact) mass is 374 g/mol. The van der Waals surface area contributed by atoms with Gasteiger partial charge in [0.1, 0.15) is 23.7 Å². The Balaban J connectivity index is 2.10. The average Bonchev–Trinajstić information content (AvgIpc) is 2.67. The van der Waals surface area contributed by atoms with Crippen molar-refractivity contribution in [3.63, 3.8) is 0 Å². The number of hydrogen-bond donors (Lipinski definition) is 2. The molecule has 0 bridgehead atoms. The number of amides is 1. The SMILES string of the molecule is COc1ccc(C[NH+](C)[C@H](C)C(=O)Nc2ccccc2[N+](=O)[O-])c(OC)c1. The van der Waals surface area contributed by atoms with Crippen LogP contribution in [0.15, 0.2) is 42.5 Å². The molecule has 0 heterocycles. The number of methoxy groups -OCH3 is 2. The van der Waals surface area contributed by atoms with Crippen LogP contribution in [0, 0.1) is 10.1 Å². The number of carbonyl (C=O) groups excluding carboxylic acids is 1. The quantitative estimate of drug-likeness (QED) is 0.541. The van der Waals surface area contributed by atoms with Crippen LogP contribution in [-0.2, 0) is 11.3 Å². The van der Waals surface area contributed by atoms with E-state index in [1.54, 1.807) is 39.3 Å². The first kappa shape index (κ1) is 20.2. The molecule has 1 unspecified atom stereocenters. The number of nitro benzene ring substituents is 1. The molecule has 2 rings (SSSR count). The molecule has 144 valence electrons. The van der Waals surface area contributed by atoms with Gasteiger partial charge in [-0.3, -0.25) is 14.9 Å². The number of likely N-dealkylation sites (N-methyl/N-ethyl adjacent to an activating group) is 1. The van der Waals surface area contributed by atoms with Gasteiger partial charge in [0.25, 0.3) is 11.6 Å². The summed E-state index contributed by atoms with van der Waals surface area (Å²) in [5.41, 5.74) is 0.989. The van der Waals surface area contributed by atoms with Crippen LogP contribution in [0.3, 0.4) is 0 Å². The van der Waals surface area contributed by atoms with Crippen molar-refractivity contribution in [1.29, 1.82) is 0 Å². The van der Waals surface area contributed by atoms with Crippen molar-refractivity contribution in [1.82, 2.24) is 0 Å². The van der Waals surface area contributed by atoms with Crippen molar-refractivity contribution in [2.24, 2.45) is 0 Å².